The van der Waals surface area contributed by atoms with Gasteiger partial charge >= 0.3 is 29.6 Å². The second-order valence-electron chi connectivity index (χ2n) is 2.42. The molecule has 0 unspecified atom stereocenters. The van der Waals surface area contributed by atoms with E-state index < -0.39 is 18.2 Å². The average Bonchev–Trinajstić information content (AvgIpc) is 1.86. The monoisotopic (exact) mass is 180 g/mol. The number of ether oxygens (including phenoxy) is 2. The summed E-state index contributed by atoms with van der Waals surface area (Å²) in [5, 5.41) is 9.99. The molecular weight excluding hydrogens is 171 g/mol. The number of aliphatic carboxylic acids is 1. The molecule has 5 heteroatoms. The van der Waals surface area contributed by atoms with Gasteiger partial charge in [0.2, 0.25) is 0 Å². The summed E-state index contributed by atoms with van der Waals surface area (Å²) in [5.74, 6) is -1.22. The van der Waals surface area contributed by atoms with Crippen molar-refractivity contribution in [3.05, 3.63) is 12.7 Å². The average molecular weight is 180 g/mol. The molecule has 1 fully saturated rings. The van der Waals surface area contributed by atoms with Crippen LogP contribution in [0.3, 0.4) is 0 Å². The van der Waals surface area contributed by atoms with E-state index in [-0.39, 0.29) is 29.6 Å². The van der Waals surface area contributed by atoms with Gasteiger partial charge in [0.05, 0.1) is 25.8 Å². The first kappa shape index (κ1) is 12.1. The van der Waals surface area contributed by atoms with Gasteiger partial charge in [-0.1, -0.05) is 6.08 Å². The van der Waals surface area contributed by atoms with Crippen LogP contribution in [-0.4, -0.2) is 31.4 Å². The molecule has 0 aromatic rings. The Kier molecular flexibility index (Phi) is 5.04. The molecular formula is C7H9NaO4. The molecule has 0 aromatic heterocycles. The standard InChI is InChI=1S/C7H10O4.Na/c1-2-7(4-10-5-7)11-3-6(8)9;/h2H,1,3-5H2,(H,8,9);/q;+1/p-1. The number of carboxylic acids is 1. The predicted molar refractivity (Wildman–Crippen MR) is 34.7 cm³/mol. The van der Waals surface area contributed by atoms with Gasteiger partial charge in [-0.2, -0.15) is 0 Å². The van der Waals surface area contributed by atoms with E-state index in [1.807, 2.05) is 0 Å². The Hall–Kier alpha value is 0.130. The maximum atomic E-state index is 9.99. The quantitative estimate of drug-likeness (QED) is 0.324. The Balaban J connectivity index is 0.00000121. The molecule has 0 saturated carbocycles. The maximum Gasteiger partial charge on any atom is 1.00 e. The molecule has 0 atom stereocenters. The van der Waals surface area contributed by atoms with Crippen LogP contribution in [0, 0.1) is 0 Å². The molecule has 4 nitrogen and oxygen atoms in total. The minimum atomic E-state index is -1.22. The van der Waals surface area contributed by atoms with Crippen molar-refractivity contribution in [2.75, 3.05) is 19.8 Å². The zero-order chi connectivity index (χ0) is 8.32. The van der Waals surface area contributed by atoms with Gasteiger partial charge in [-0.3, -0.25) is 0 Å². The summed E-state index contributed by atoms with van der Waals surface area (Å²) in [6.07, 6.45) is 1.56. The van der Waals surface area contributed by atoms with Gasteiger partial charge in [0.25, 0.3) is 0 Å². The number of carbonyl (C=O) groups excluding carboxylic acids is 1. The molecule has 62 valence electrons. The van der Waals surface area contributed by atoms with E-state index in [1.165, 1.54) is 0 Å². The number of rotatable bonds is 4. The first-order valence-electron chi connectivity index (χ1n) is 3.24. The molecule has 1 rings (SSSR count). The Labute approximate surface area is 92.8 Å². The molecule has 1 heterocycles. The molecule has 0 amide bonds. The van der Waals surface area contributed by atoms with Crippen LogP contribution in [0.4, 0.5) is 0 Å². The third-order valence-corrected chi connectivity index (χ3v) is 1.54. The smallest absolute Gasteiger partial charge is 0.548 e. The summed E-state index contributed by atoms with van der Waals surface area (Å²) in [4.78, 5) is 9.99. The Morgan fingerprint density at radius 1 is 1.75 bits per heavy atom. The van der Waals surface area contributed by atoms with Crippen LogP contribution < -0.4 is 34.7 Å². The molecule has 0 aromatic carbocycles. The fourth-order valence-corrected chi connectivity index (χ4v) is 0.766. The molecule has 0 spiro atoms. The third-order valence-electron chi connectivity index (χ3n) is 1.54. The number of carbonyl (C=O) groups is 1. The van der Waals surface area contributed by atoms with Crippen LogP contribution in [0.15, 0.2) is 12.7 Å². The maximum absolute atomic E-state index is 9.99. The van der Waals surface area contributed by atoms with Crippen molar-refractivity contribution in [3.63, 3.8) is 0 Å². The normalized spacial score (nSPS) is 18.7. The van der Waals surface area contributed by atoms with Crippen molar-refractivity contribution in [1.82, 2.24) is 0 Å². The van der Waals surface area contributed by atoms with Crippen LogP contribution in [0.25, 0.3) is 0 Å². The van der Waals surface area contributed by atoms with E-state index >= 15 is 0 Å². The van der Waals surface area contributed by atoms with Crippen LogP contribution in [-0.2, 0) is 14.3 Å². The summed E-state index contributed by atoms with van der Waals surface area (Å²) >= 11 is 0. The first-order valence-corrected chi connectivity index (χ1v) is 3.24. The van der Waals surface area contributed by atoms with Gasteiger partial charge in [-0.25, -0.2) is 0 Å². The molecule has 0 bridgehead atoms. The number of hydrogen-bond acceptors (Lipinski definition) is 4. The van der Waals surface area contributed by atoms with Crippen LogP contribution in [0.2, 0.25) is 0 Å². The van der Waals surface area contributed by atoms with Gasteiger partial charge in [-0.15, -0.1) is 6.58 Å². The molecule has 1 saturated heterocycles. The zero-order valence-corrected chi connectivity index (χ0v) is 9.04. The summed E-state index contributed by atoms with van der Waals surface area (Å²) < 4.78 is 9.82. The Morgan fingerprint density at radius 2 is 2.33 bits per heavy atom. The summed E-state index contributed by atoms with van der Waals surface area (Å²) in [7, 11) is 0. The first-order chi connectivity index (χ1) is 5.18. The van der Waals surface area contributed by atoms with E-state index in [1.54, 1.807) is 6.08 Å². The second-order valence-corrected chi connectivity index (χ2v) is 2.42. The SMILES string of the molecule is C=CC1(OCC(=O)[O-])COC1.[Na+]. The zero-order valence-electron chi connectivity index (χ0n) is 7.04. The Bertz CT molecular complexity index is 176. The fraction of sp³-hybridized carbons (Fsp3) is 0.571. The summed E-state index contributed by atoms with van der Waals surface area (Å²) in [5.41, 5.74) is -0.583. The van der Waals surface area contributed by atoms with Gasteiger partial charge in [-0.05, 0) is 0 Å². The van der Waals surface area contributed by atoms with Crippen molar-refractivity contribution in [2.24, 2.45) is 0 Å². The number of hydrogen-bond donors (Lipinski definition) is 0. The Morgan fingerprint density at radius 3 is 2.58 bits per heavy atom. The molecule has 1 aliphatic heterocycles. The van der Waals surface area contributed by atoms with Crippen LogP contribution >= 0.6 is 0 Å². The summed E-state index contributed by atoms with van der Waals surface area (Å²) in [6, 6.07) is 0. The van der Waals surface area contributed by atoms with Crippen molar-refractivity contribution in [3.8, 4) is 0 Å². The minimum absolute atomic E-state index is 0. The molecule has 0 N–H and O–H groups in total. The van der Waals surface area contributed by atoms with E-state index in [0.717, 1.165) is 0 Å². The van der Waals surface area contributed by atoms with E-state index in [4.69, 9.17) is 9.47 Å². The van der Waals surface area contributed by atoms with Crippen LogP contribution in [0.1, 0.15) is 0 Å². The molecule has 12 heavy (non-hydrogen) atoms. The second kappa shape index (κ2) is 4.99. The minimum Gasteiger partial charge on any atom is -0.548 e. The van der Waals surface area contributed by atoms with E-state index in [0.29, 0.717) is 13.2 Å². The van der Waals surface area contributed by atoms with Crippen molar-refractivity contribution < 1.29 is 48.9 Å². The van der Waals surface area contributed by atoms with Gasteiger partial charge in [0.1, 0.15) is 5.60 Å². The van der Waals surface area contributed by atoms with Crippen molar-refractivity contribution in [1.29, 1.82) is 0 Å². The topological polar surface area (TPSA) is 58.6 Å². The predicted octanol–water partition coefficient (Wildman–Crippen LogP) is -4.29. The van der Waals surface area contributed by atoms with Gasteiger partial charge in [0, 0.05) is 0 Å². The van der Waals surface area contributed by atoms with Crippen molar-refractivity contribution in [2.45, 2.75) is 5.60 Å². The van der Waals surface area contributed by atoms with Crippen molar-refractivity contribution >= 4 is 5.97 Å². The fourth-order valence-electron chi connectivity index (χ4n) is 0.766. The van der Waals surface area contributed by atoms with E-state index in [9.17, 15) is 9.90 Å². The largest absolute Gasteiger partial charge is 1.00 e. The molecule has 0 aliphatic carbocycles. The number of carboxylic acid groups (broad SMARTS) is 1. The van der Waals surface area contributed by atoms with E-state index in [2.05, 4.69) is 6.58 Å². The molecule has 0 radical (unpaired) electrons. The van der Waals surface area contributed by atoms with Gasteiger partial charge in [0.15, 0.2) is 0 Å². The summed E-state index contributed by atoms with van der Waals surface area (Å²) in [6.45, 7) is 3.86. The molecule has 1 aliphatic rings. The third kappa shape index (κ3) is 2.88. The van der Waals surface area contributed by atoms with Crippen LogP contribution in [0.5, 0.6) is 0 Å². The van der Waals surface area contributed by atoms with Gasteiger partial charge < -0.3 is 19.4 Å².